The summed E-state index contributed by atoms with van der Waals surface area (Å²) in [5.41, 5.74) is 0. The van der Waals surface area contributed by atoms with Crippen molar-refractivity contribution in [1.82, 2.24) is 0 Å². The molecule has 0 amide bonds. The molecule has 2 N–H and O–H groups in total. The molecule has 0 aromatic rings. The van der Waals surface area contributed by atoms with Gasteiger partial charge in [0.2, 0.25) is 0 Å². The number of hydrogen-bond donors (Lipinski definition) is 2. The maximum absolute atomic E-state index is 8.56. The zero-order valence-electron chi connectivity index (χ0n) is 2.56. The Bertz CT molecular complexity index is 33.8. The van der Waals surface area contributed by atoms with Crippen LogP contribution in [0.3, 0.4) is 0 Å². The van der Waals surface area contributed by atoms with Crippen molar-refractivity contribution in [2.45, 2.75) is 0 Å². The molecule has 0 bridgehead atoms. The Kier molecular flexibility index (Phi) is 24.4. The van der Waals surface area contributed by atoms with Crippen LogP contribution < -0.4 is 0 Å². The van der Waals surface area contributed by atoms with E-state index in [0.29, 0.717) is 0 Å². The van der Waals surface area contributed by atoms with Crippen molar-refractivity contribution in [3.63, 3.8) is 0 Å². The first-order valence-electron chi connectivity index (χ1n) is 0.651. The summed E-state index contributed by atoms with van der Waals surface area (Å²) in [5.74, 6) is 0. The first-order chi connectivity index (χ1) is 1.73. The predicted octanol–water partition coefficient (Wildman–Crippen LogP) is 0.217. The van der Waals surface area contributed by atoms with Crippen LogP contribution in [0.25, 0.3) is 0 Å². The van der Waals surface area contributed by atoms with Crippen molar-refractivity contribution < 1.29 is 49.4 Å². The van der Waals surface area contributed by atoms with Crippen molar-refractivity contribution in [2.24, 2.45) is 0 Å². The van der Waals surface area contributed by atoms with Crippen LogP contribution in [0.5, 0.6) is 0 Å². The van der Waals surface area contributed by atoms with Gasteiger partial charge in [-0.2, -0.15) is 0 Å². The Morgan fingerprint density at radius 1 is 1.33 bits per heavy atom. The van der Waals surface area contributed by atoms with Crippen LogP contribution >= 0.6 is 0 Å². The quantitative estimate of drug-likeness (QED) is 0.511. The summed E-state index contributed by atoms with van der Waals surface area (Å²) in [6, 6.07) is 0. The predicted molar refractivity (Wildman–Crippen MR) is 10.7 cm³/mol. The van der Waals surface area contributed by atoms with Gasteiger partial charge in [0.25, 0.3) is 0 Å². The van der Waals surface area contributed by atoms with E-state index >= 15 is 0 Å². The van der Waals surface area contributed by atoms with Gasteiger partial charge in [-0.05, 0) is 0 Å². The first kappa shape index (κ1) is 16.2. The second kappa shape index (κ2) is 9.01. The van der Waals surface area contributed by atoms with Gasteiger partial charge < -0.3 is 10.2 Å². The molecule has 0 saturated carbocycles. The third kappa shape index (κ3) is 460. The van der Waals surface area contributed by atoms with Gasteiger partial charge >= 0.3 is 6.16 Å². The molecule has 0 unspecified atom stereocenters. The molecule has 0 aromatic carbocycles. The molecule has 5 heteroatoms. The minimum absolute atomic E-state index is 0. The molecule has 3 nitrogen and oxygen atoms in total. The average Bonchev–Trinajstić information content (AvgIpc) is 0.811. The van der Waals surface area contributed by atoms with Crippen LogP contribution in [0.15, 0.2) is 0 Å². The van der Waals surface area contributed by atoms with E-state index in [1.165, 1.54) is 0 Å². The molecule has 0 aliphatic rings. The molecule has 6 heavy (non-hydrogen) atoms. The van der Waals surface area contributed by atoms with E-state index in [2.05, 4.69) is 0 Å². The third-order valence-corrected chi connectivity index (χ3v) is 0. The number of hydrogen-bond acceptors (Lipinski definition) is 1. The maximum Gasteiger partial charge on any atom is 0.503 e. The van der Waals surface area contributed by atoms with Crippen molar-refractivity contribution in [3.05, 3.63) is 0 Å². The molecule has 0 aliphatic heterocycles. The normalized spacial score (nSPS) is 4.00. The number of carboxylic acid groups (broad SMARTS) is 2. The van der Waals surface area contributed by atoms with Crippen LogP contribution in [0.4, 0.5) is 4.79 Å². The Morgan fingerprint density at radius 2 is 1.33 bits per heavy atom. The molecular weight excluding hydrogens is 168 g/mol. The molecule has 0 aromatic heterocycles. The van der Waals surface area contributed by atoms with Crippen molar-refractivity contribution >= 4 is 6.16 Å². The van der Waals surface area contributed by atoms with Gasteiger partial charge in [-0.3, -0.25) is 0 Å². The second-order valence-corrected chi connectivity index (χ2v) is 0.283. The Hall–Kier alpha value is 0.322. The molecular formula is CH2CrFeO3. The van der Waals surface area contributed by atoms with Gasteiger partial charge in [0.05, 0.1) is 0 Å². The van der Waals surface area contributed by atoms with Gasteiger partial charge in [0.1, 0.15) is 0 Å². The minimum Gasteiger partial charge on any atom is -0.450 e. The number of rotatable bonds is 0. The average molecular weight is 170 g/mol. The SMILES string of the molecule is O=C(O)O.[Cr].[Fe]. The molecule has 0 rings (SSSR count). The summed E-state index contributed by atoms with van der Waals surface area (Å²) in [7, 11) is 0. The van der Waals surface area contributed by atoms with Gasteiger partial charge in [0.15, 0.2) is 0 Å². The maximum atomic E-state index is 8.56. The zero-order chi connectivity index (χ0) is 3.58. The van der Waals surface area contributed by atoms with Crippen LogP contribution in [-0.2, 0) is 34.4 Å². The topological polar surface area (TPSA) is 57.5 Å². The second-order valence-electron chi connectivity index (χ2n) is 0.283. The minimum atomic E-state index is -1.83. The zero-order valence-corrected chi connectivity index (χ0v) is 4.94. The molecule has 0 heterocycles. The van der Waals surface area contributed by atoms with Crippen molar-refractivity contribution in [3.8, 4) is 0 Å². The Balaban J connectivity index is -0.0000000450. The molecule has 0 spiro atoms. The smallest absolute Gasteiger partial charge is 0.450 e. The summed E-state index contributed by atoms with van der Waals surface area (Å²) in [5, 5.41) is 13.9. The third-order valence-electron chi connectivity index (χ3n) is 0. The van der Waals surface area contributed by atoms with E-state index in [9.17, 15) is 0 Å². The first-order valence-corrected chi connectivity index (χ1v) is 0.651. The Morgan fingerprint density at radius 3 is 1.33 bits per heavy atom. The van der Waals surface area contributed by atoms with Crippen LogP contribution in [0.1, 0.15) is 0 Å². The number of carbonyl (C=O) groups is 1. The van der Waals surface area contributed by atoms with Crippen molar-refractivity contribution in [1.29, 1.82) is 0 Å². The van der Waals surface area contributed by atoms with E-state index in [1.807, 2.05) is 0 Å². The fourth-order valence-corrected chi connectivity index (χ4v) is 0. The van der Waals surface area contributed by atoms with Crippen LogP contribution in [0.2, 0.25) is 0 Å². The van der Waals surface area contributed by atoms with E-state index < -0.39 is 6.16 Å². The summed E-state index contributed by atoms with van der Waals surface area (Å²) in [6.45, 7) is 0. The largest absolute Gasteiger partial charge is 0.503 e. The molecule has 0 aliphatic carbocycles. The van der Waals surface area contributed by atoms with Gasteiger partial charge in [0, 0.05) is 34.4 Å². The Labute approximate surface area is 56.0 Å². The summed E-state index contributed by atoms with van der Waals surface area (Å²) in [6.07, 6.45) is -1.83. The molecule has 0 fully saturated rings. The van der Waals surface area contributed by atoms with Gasteiger partial charge in [-0.25, -0.2) is 4.79 Å². The van der Waals surface area contributed by atoms with Crippen LogP contribution in [-0.4, -0.2) is 16.4 Å². The summed E-state index contributed by atoms with van der Waals surface area (Å²) >= 11 is 0. The van der Waals surface area contributed by atoms with Crippen LogP contribution in [0, 0.1) is 0 Å². The molecule has 0 saturated heterocycles. The summed E-state index contributed by atoms with van der Waals surface area (Å²) < 4.78 is 0. The summed E-state index contributed by atoms with van der Waals surface area (Å²) in [4.78, 5) is 8.56. The monoisotopic (exact) mass is 170 g/mol. The fourth-order valence-electron chi connectivity index (χ4n) is 0. The van der Waals surface area contributed by atoms with Gasteiger partial charge in [-0.15, -0.1) is 0 Å². The van der Waals surface area contributed by atoms with E-state index in [1.54, 1.807) is 0 Å². The van der Waals surface area contributed by atoms with Crippen molar-refractivity contribution in [2.75, 3.05) is 0 Å². The van der Waals surface area contributed by atoms with E-state index in [4.69, 9.17) is 15.0 Å². The fraction of sp³-hybridized carbons (Fsp3) is 0. The van der Waals surface area contributed by atoms with Gasteiger partial charge in [-0.1, -0.05) is 0 Å². The molecule has 0 radical (unpaired) electrons. The van der Waals surface area contributed by atoms with E-state index in [-0.39, 0.29) is 34.4 Å². The molecule has 38 valence electrons. The molecule has 0 atom stereocenters. The standard InChI is InChI=1S/CH2O3.Cr.Fe/c2-1(3)4;;/h(H2,2,3,4);;. The van der Waals surface area contributed by atoms with E-state index in [0.717, 1.165) is 0 Å².